The van der Waals surface area contributed by atoms with Crippen molar-refractivity contribution < 1.29 is 9.53 Å². The summed E-state index contributed by atoms with van der Waals surface area (Å²) in [4.78, 5) is 14.7. The Kier molecular flexibility index (Phi) is 8.27. The Morgan fingerprint density at radius 3 is 2.28 bits per heavy atom. The third-order valence-electron chi connectivity index (χ3n) is 5.27. The zero-order chi connectivity index (χ0) is 21.4. The molecule has 0 heterocycles. The molecule has 0 saturated heterocycles. The quantitative estimate of drug-likeness (QED) is 0.657. The van der Waals surface area contributed by atoms with Gasteiger partial charge in [0.05, 0.1) is 6.04 Å². The summed E-state index contributed by atoms with van der Waals surface area (Å²) in [6, 6.07) is 16.7. The normalized spacial score (nSPS) is 12.7. The number of rotatable bonds is 9. The first-order valence-electron chi connectivity index (χ1n) is 10.5. The lowest BCUT2D eigenvalue weighted by atomic mass is 9.86. The van der Waals surface area contributed by atoms with Crippen molar-refractivity contribution in [3.63, 3.8) is 0 Å². The molecule has 0 aliphatic rings. The molecule has 158 valence electrons. The van der Waals surface area contributed by atoms with Crippen LogP contribution >= 0.6 is 0 Å². The molecule has 0 aliphatic carbocycles. The Balaban J connectivity index is 2.02. The number of aryl methyl sites for hydroxylation is 1. The molecule has 2 aromatic carbocycles. The zero-order valence-electron chi connectivity index (χ0n) is 18.8. The van der Waals surface area contributed by atoms with Crippen LogP contribution in [0.4, 0.5) is 0 Å². The van der Waals surface area contributed by atoms with Crippen LogP contribution in [0.2, 0.25) is 0 Å². The molecule has 0 spiro atoms. The van der Waals surface area contributed by atoms with E-state index in [-0.39, 0.29) is 24.0 Å². The molecule has 0 bridgehead atoms. The number of carbonyl (C=O) groups is 1. The molecule has 1 amide bonds. The summed E-state index contributed by atoms with van der Waals surface area (Å²) in [5, 5.41) is 3.05. The van der Waals surface area contributed by atoms with Gasteiger partial charge in [0, 0.05) is 6.54 Å². The van der Waals surface area contributed by atoms with Crippen molar-refractivity contribution in [3.8, 4) is 5.75 Å². The van der Waals surface area contributed by atoms with Crippen molar-refractivity contribution in [2.24, 2.45) is 0 Å². The van der Waals surface area contributed by atoms with Crippen LogP contribution < -0.4 is 10.1 Å². The first kappa shape index (κ1) is 23.0. The molecule has 4 nitrogen and oxygen atoms in total. The highest BCUT2D eigenvalue weighted by Crippen LogP contribution is 2.26. The minimum Gasteiger partial charge on any atom is -0.484 e. The minimum atomic E-state index is -0.102. The first-order valence-corrected chi connectivity index (χ1v) is 10.5. The Morgan fingerprint density at radius 2 is 1.72 bits per heavy atom. The summed E-state index contributed by atoms with van der Waals surface area (Å²) >= 11 is 0. The SMILES string of the molecule is CCN(CC)C(CNC(=O)COc1cccc(C)c1)c1ccc(C(C)(C)C)cc1. The van der Waals surface area contributed by atoms with E-state index in [1.807, 2.05) is 31.2 Å². The number of hydrogen-bond donors (Lipinski definition) is 1. The predicted molar refractivity (Wildman–Crippen MR) is 120 cm³/mol. The number of benzene rings is 2. The summed E-state index contributed by atoms with van der Waals surface area (Å²) in [7, 11) is 0. The van der Waals surface area contributed by atoms with Gasteiger partial charge in [-0.05, 0) is 54.3 Å². The summed E-state index contributed by atoms with van der Waals surface area (Å²) < 4.78 is 5.63. The molecule has 29 heavy (non-hydrogen) atoms. The van der Waals surface area contributed by atoms with Crippen LogP contribution in [0, 0.1) is 6.92 Å². The molecular weight excluding hydrogens is 360 g/mol. The largest absolute Gasteiger partial charge is 0.484 e. The maximum atomic E-state index is 12.4. The Morgan fingerprint density at radius 1 is 1.07 bits per heavy atom. The molecule has 0 radical (unpaired) electrons. The van der Waals surface area contributed by atoms with Crippen molar-refractivity contribution in [1.29, 1.82) is 0 Å². The number of nitrogens with zero attached hydrogens (tertiary/aromatic N) is 1. The maximum Gasteiger partial charge on any atom is 0.258 e. The second-order valence-electron chi connectivity index (χ2n) is 8.52. The van der Waals surface area contributed by atoms with Crippen LogP contribution in [0.5, 0.6) is 5.75 Å². The third kappa shape index (κ3) is 6.90. The number of hydrogen-bond acceptors (Lipinski definition) is 3. The predicted octanol–water partition coefficient (Wildman–Crippen LogP) is 4.87. The molecule has 1 N–H and O–H groups in total. The standard InChI is InChI=1S/C25H36N2O2/c1-7-27(8-2)23(20-12-14-21(15-13-20)25(4,5)6)17-26-24(28)18-29-22-11-9-10-19(3)16-22/h9-16,23H,7-8,17-18H2,1-6H3,(H,26,28). The second kappa shape index (κ2) is 10.4. The summed E-state index contributed by atoms with van der Waals surface area (Å²) in [5.41, 5.74) is 3.78. The van der Waals surface area contributed by atoms with Gasteiger partial charge in [0.2, 0.25) is 0 Å². The Labute approximate surface area is 176 Å². The molecule has 1 atom stereocenters. The fourth-order valence-electron chi connectivity index (χ4n) is 3.44. The zero-order valence-corrected chi connectivity index (χ0v) is 18.8. The number of likely N-dealkylation sites (N-methyl/N-ethyl adjacent to an activating group) is 1. The van der Waals surface area contributed by atoms with E-state index in [2.05, 4.69) is 69.1 Å². The fraction of sp³-hybridized carbons (Fsp3) is 0.480. The summed E-state index contributed by atoms with van der Waals surface area (Å²) in [6.45, 7) is 15.4. The number of amides is 1. The number of carbonyl (C=O) groups excluding carboxylic acids is 1. The fourth-order valence-corrected chi connectivity index (χ4v) is 3.44. The van der Waals surface area contributed by atoms with Crippen molar-refractivity contribution >= 4 is 5.91 Å². The number of nitrogens with one attached hydrogen (secondary N) is 1. The van der Waals surface area contributed by atoms with Gasteiger partial charge in [-0.1, -0.05) is 71.0 Å². The van der Waals surface area contributed by atoms with Gasteiger partial charge >= 0.3 is 0 Å². The van der Waals surface area contributed by atoms with E-state index in [9.17, 15) is 4.79 Å². The van der Waals surface area contributed by atoms with Gasteiger partial charge < -0.3 is 10.1 Å². The van der Waals surface area contributed by atoms with Gasteiger partial charge in [-0.2, -0.15) is 0 Å². The topological polar surface area (TPSA) is 41.6 Å². The number of ether oxygens (including phenoxy) is 1. The summed E-state index contributed by atoms with van der Waals surface area (Å²) in [5.74, 6) is 0.619. The highest BCUT2D eigenvalue weighted by atomic mass is 16.5. The van der Waals surface area contributed by atoms with E-state index in [0.717, 1.165) is 24.4 Å². The van der Waals surface area contributed by atoms with Gasteiger partial charge in [0.15, 0.2) is 6.61 Å². The van der Waals surface area contributed by atoms with Crippen molar-refractivity contribution in [2.45, 2.75) is 53.0 Å². The van der Waals surface area contributed by atoms with Crippen LogP contribution in [0.25, 0.3) is 0 Å². The van der Waals surface area contributed by atoms with Crippen LogP contribution in [-0.2, 0) is 10.2 Å². The van der Waals surface area contributed by atoms with Crippen LogP contribution in [0.1, 0.15) is 57.4 Å². The van der Waals surface area contributed by atoms with Crippen LogP contribution in [-0.4, -0.2) is 37.0 Å². The molecule has 2 rings (SSSR count). The van der Waals surface area contributed by atoms with Gasteiger partial charge in [0.1, 0.15) is 5.75 Å². The van der Waals surface area contributed by atoms with E-state index < -0.39 is 0 Å². The first-order chi connectivity index (χ1) is 13.7. The highest BCUT2D eigenvalue weighted by Gasteiger charge is 2.20. The molecular formula is C25H36N2O2. The van der Waals surface area contributed by atoms with E-state index in [0.29, 0.717) is 6.54 Å². The van der Waals surface area contributed by atoms with Crippen LogP contribution in [0.3, 0.4) is 0 Å². The van der Waals surface area contributed by atoms with Crippen molar-refractivity contribution in [2.75, 3.05) is 26.2 Å². The Bertz CT molecular complexity index is 774. The minimum absolute atomic E-state index is 0.0252. The third-order valence-corrected chi connectivity index (χ3v) is 5.27. The van der Waals surface area contributed by atoms with Gasteiger partial charge in [-0.3, -0.25) is 9.69 Å². The lowest BCUT2D eigenvalue weighted by molar-refractivity contribution is -0.123. The van der Waals surface area contributed by atoms with Crippen LogP contribution in [0.15, 0.2) is 48.5 Å². The van der Waals surface area contributed by atoms with E-state index in [1.54, 1.807) is 0 Å². The smallest absolute Gasteiger partial charge is 0.258 e. The molecule has 1 unspecified atom stereocenters. The molecule has 0 aliphatic heterocycles. The van der Waals surface area contributed by atoms with E-state index in [4.69, 9.17) is 4.74 Å². The van der Waals surface area contributed by atoms with E-state index in [1.165, 1.54) is 11.1 Å². The maximum absolute atomic E-state index is 12.4. The highest BCUT2D eigenvalue weighted by molar-refractivity contribution is 5.77. The average Bonchev–Trinajstić information content (AvgIpc) is 2.69. The average molecular weight is 397 g/mol. The van der Waals surface area contributed by atoms with Crippen molar-refractivity contribution in [1.82, 2.24) is 10.2 Å². The van der Waals surface area contributed by atoms with Gasteiger partial charge in [-0.25, -0.2) is 0 Å². The van der Waals surface area contributed by atoms with E-state index >= 15 is 0 Å². The molecule has 4 heteroatoms. The molecule has 2 aromatic rings. The molecule has 0 fully saturated rings. The summed E-state index contributed by atoms with van der Waals surface area (Å²) in [6.07, 6.45) is 0. The van der Waals surface area contributed by atoms with Gasteiger partial charge in [-0.15, -0.1) is 0 Å². The second-order valence-corrected chi connectivity index (χ2v) is 8.52. The molecule has 0 aromatic heterocycles. The van der Waals surface area contributed by atoms with Crippen molar-refractivity contribution in [3.05, 3.63) is 65.2 Å². The lowest BCUT2D eigenvalue weighted by Crippen LogP contribution is -2.39. The molecule has 0 saturated carbocycles. The lowest BCUT2D eigenvalue weighted by Gasteiger charge is -2.31. The monoisotopic (exact) mass is 396 g/mol. The Hall–Kier alpha value is -2.33. The van der Waals surface area contributed by atoms with Gasteiger partial charge in [0.25, 0.3) is 5.91 Å².